The lowest BCUT2D eigenvalue weighted by atomic mass is 10.2. The number of rotatable bonds is 5. The van der Waals surface area contributed by atoms with E-state index in [4.69, 9.17) is 0 Å². The summed E-state index contributed by atoms with van der Waals surface area (Å²) in [5.41, 5.74) is 0.110. The third-order valence-corrected chi connectivity index (χ3v) is 5.05. The van der Waals surface area contributed by atoms with Gasteiger partial charge in [0.05, 0.1) is 10.7 Å². The number of aryl methyl sites for hydroxylation is 2. The summed E-state index contributed by atoms with van der Waals surface area (Å²) in [6.45, 7) is 1.57. The molecule has 0 spiro atoms. The zero-order valence-electron chi connectivity index (χ0n) is 14.7. The SMILES string of the molecule is Cc1ccc(NC(=O)CSc2nc3c(c(C(F)(F)F)n2)CCC3)cc1[N+](=O)[O-]. The summed E-state index contributed by atoms with van der Waals surface area (Å²) in [5.74, 6) is -0.751. The van der Waals surface area contributed by atoms with Crippen LogP contribution in [0, 0.1) is 17.0 Å². The molecular formula is C17H15F3N4O3S. The Labute approximate surface area is 161 Å². The van der Waals surface area contributed by atoms with Crippen molar-refractivity contribution in [2.45, 2.75) is 37.5 Å². The number of nitrogens with one attached hydrogen (secondary N) is 1. The van der Waals surface area contributed by atoms with E-state index in [1.165, 1.54) is 18.2 Å². The molecule has 148 valence electrons. The Kier molecular flexibility index (Phi) is 5.54. The van der Waals surface area contributed by atoms with Crippen molar-refractivity contribution < 1.29 is 22.9 Å². The summed E-state index contributed by atoms with van der Waals surface area (Å²) in [4.78, 5) is 30.2. The number of alkyl halides is 3. The van der Waals surface area contributed by atoms with Crippen LogP contribution in [0.3, 0.4) is 0 Å². The van der Waals surface area contributed by atoms with Gasteiger partial charge in [0.2, 0.25) is 5.91 Å². The Morgan fingerprint density at radius 1 is 1.32 bits per heavy atom. The van der Waals surface area contributed by atoms with Gasteiger partial charge in [-0.15, -0.1) is 0 Å². The van der Waals surface area contributed by atoms with Gasteiger partial charge in [-0.3, -0.25) is 14.9 Å². The number of carbonyl (C=O) groups is 1. The first-order valence-corrected chi connectivity index (χ1v) is 9.28. The summed E-state index contributed by atoms with van der Waals surface area (Å²) >= 11 is 0.790. The molecule has 1 heterocycles. The minimum Gasteiger partial charge on any atom is -0.325 e. The van der Waals surface area contributed by atoms with Crippen LogP contribution in [0.2, 0.25) is 0 Å². The Morgan fingerprint density at radius 2 is 2.07 bits per heavy atom. The third kappa shape index (κ3) is 4.41. The van der Waals surface area contributed by atoms with Gasteiger partial charge in [-0.25, -0.2) is 9.97 Å². The number of nitro benzene ring substituents is 1. The highest BCUT2D eigenvalue weighted by Crippen LogP contribution is 2.36. The molecular weight excluding hydrogens is 397 g/mol. The highest BCUT2D eigenvalue weighted by molar-refractivity contribution is 7.99. The number of benzene rings is 1. The van der Waals surface area contributed by atoms with E-state index in [1.807, 2.05) is 0 Å². The molecule has 1 aromatic carbocycles. The maximum atomic E-state index is 13.2. The number of halogens is 3. The van der Waals surface area contributed by atoms with E-state index in [9.17, 15) is 28.1 Å². The fourth-order valence-electron chi connectivity index (χ4n) is 2.92. The summed E-state index contributed by atoms with van der Waals surface area (Å²) in [6.07, 6.45) is -3.24. The van der Waals surface area contributed by atoms with E-state index in [0.717, 1.165) is 11.8 Å². The molecule has 2 aromatic rings. The fourth-order valence-corrected chi connectivity index (χ4v) is 3.58. The van der Waals surface area contributed by atoms with Crippen molar-refractivity contribution in [1.29, 1.82) is 0 Å². The molecule has 1 aliphatic carbocycles. The van der Waals surface area contributed by atoms with Crippen molar-refractivity contribution in [3.05, 3.63) is 50.8 Å². The minimum atomic E-state index is -4.57. The Morgan fingerprint density at radius 3 is 2.75 bits per heavy atom. The van der Waals surface area contributed by atoms with Crippen LogP contribution in [0.5, 0.6) is 0 Å². The smallest absolute Gasteiger partial charge is 0.325 e. The van der Waals surface area contributed by atoms with Gasteiger partial charge in [-0.2, -0.15) is 13.2 Å². The normalized spacial score (nSPS) is 13.3. The van der Waals surface area contributed by atoms with Crippen LogP contribution in [0.25, 0.3) is 0 Å². The van der Waals surface area contributed by atoms with Crippen LogP contribution in [-0.4, -0.2) is 26.6 Å². The first kappa shape index (κ1) is 20.1. The van der Waals surface area contributed by atoms with E-state index in [-0.39, 0.29) is 27.8 Å². The van der Waals surface area contributed by atoms with Crippen molar-refractivity contribution in [2.24, 2.45) is 0 Å². The quantitative estimate of drug-likeness (QED) is 0.346. The van der Waals surface area contributed by atoms with Crippen molar-refractivity contribution >= 4 is 29.0 Å². The van der Waals surface area contributed by atoms with E-state index in [1.54, 1.807) is 6.92 Å². The van der Waals surface area contributed by atoms with Crippen molar-refractivity contribution in [1.82, 2.24) is 9.97 Å². The molecule has 0 aliphatic heterocycles. The molecule has 0 fully saturated rings. The molecule has 1 amide bonds. The summed E-state index contributed by atoms with van der Waals surface area (Å²) in [6, 6.07) is 4.24. The molecule has 0 saturated heterocycles. The predicted molar refractivity (Wildman–Crippen MR) is 96.2 cm³/mol. The number of fused-ring (bicyclic) bond motifs is 1. The average molecular weight is 412 g/mol. The van der Waals surface area contributed by atoms with Gasteiger partial charge >= 0.3 is 6.18 Å². The number of carbonyl (C=O) groups excluding carboxylic acids is 1. The average Bonchev–Trinajstić information content (AvgIpc) is 3.08. The van der Waals surface area contributed by atoms with E-state index in [0.29, 0.717) is 30.5 Å². The molecule has 1 N–H and O–H groups in total. The van der Waals surface area contributed by atoms with Gasteiger partial charge in [-0.05, 0) is 32.3 Å². The Bertz CT molecular complexity index is 950. The number of aromatic nitrogens is 2. The summed E-state index contributed by atoms with van der Waals surface area (Å²) in [5, 5.41) is 13.3. The molecule has 7 nitrogen and oxygen atoms in total. The number of hydrogen-bond acceptors (Lipinski definition) is 6. The fraction of sp³-hybridized carbons (Fsp3) is 0.353. The zero-order valence-corrected chi connectivity index (χ0v) is 15.5. The maximum Gasteiger partial charge on any atom is 0.433 e. The van der Waals surface area contributed by atoms with Crippen LogP contribution >= 0.6 is 11.8 Å². The van der Waals surface area contributed by atoms with E-state index in [2.05, 4.69) is 15.3 Å². The molecule has 3 rings (SSSR count). The second-order valence-electron chi connectivity index (χ2n) is 6.23. The predicted octanol–water partition coefficient (Wildman–Crippen LogP) is 3.93. The summed E-state index contributed by atoms with van der Waals surface area (Å²) < 4.78 is 39.6. The largest absolute Gasteiger partial charge is 0.433 e. The first-order valence-electron chi connectivity index (χ1n) is 8.30. The molecule has 11 heteroatoms. The minimum absolute atomic E-state index is 0.113. The van der Waals surface area contributed by atoms with Crippen molar-refractivity contribution in [3.63, 3.8) is 0 Å². The molecule has 0 atom stereocenters. The van der Waals surface area contributed by atoms with Gasteiger partial charge in [0.15, 0.2) is 10.9 Å². The summed E-state index contributed by atoms with van der Waals surface area (Å²) in [7, 11) is 0. The molecule has 0 unspecified atom stereocenters. The monoisotopic (exact) mass is 412 g/mol. The lowest BCUT2D eigenvalue weighted by molar-refractivity contribution is -0.385. The topological polar surface area (TPSA) is 98.0 Å². The maximum absolute atomic E-state index is 13.2. The second kappa shape index (κ2) is 7.74. The molecule has 0 saturated carbocycles. The van der Waals surface area contributed by atoms with Gasteiger partial charge in [-0.1, -0.05) is 17.8 Å². The van der Waals surface area contributed by atoms with Gasteiger partial charge in [0, 0.05) is 28.6 Å². The second-order valence-corrected chi connectivity index (χ2v) is 7.17. The first-order chi connectivity index (χ1) is 13.1. The van der Waals surface area contributed by atoms with Crippen LogP contribution < -0.4 is 5.32 Å². The van der Waals surface area contributed by atoms with Crippen LogP contribution in [-0.2, 0) is 23.8 Å². The van der Waals surface area contributed by atoms with Crippen molar-refractivity contribution in [2.75, 3.05) is 11.1 Å². The third-order valence-electron chi connectivity index (χ3n) is 4.20. The standard InChI is InChI=1S/C17H15F3N4O3S/c1-9-5-6-10(7-13(9)24(26)27)21-14(25)8-28-16-22-12-4-2-3-11(12)15(23-16)17(18,19)20/h5-7H,2-4,8H2,1H3,(H,21,25). The van der Waals surface area contributed by atoms with Gasteiger partial charge < -0.3 is 5.32 Å². The highest BCUT2D eigenvalue weighted by Gasteiger charge is 2.38. The molecule has 0 bridgehead atoms. The molecule has 0 radical (unpaired) electrons. The Balaban J connectivity index is 1.70. The number of amides is 1. The number of hydrogen-bond donors (Lipinski definition) is 1. The number of thioether (sulfide) groups is 1. The van der Waals surface area contributed by atoms with Crippen molar-refractivity contribution in [3.8, 4) is 0 Å². The lowest BCUT2D eigenvalue weighted by Gasteiger charge is -2.12. The van der Waals surface area contributed by atoms with E-state index >= 15 is 0 Å². The number of anilines is 1. The van der Waals surface area contributed by atoms with Crippen LogP contribution in [0.15, 0.2) is 23.4 Å². The van der Waals surface area contributed by atoms with Gasteiger partial charge in [0.25, 0.3) is 5.69 Å². The Hall–Kier alpha value is -2.69. The highest BCUT2D eigenvalue weighted by atomic mass is 32.2. The molecule has 1 aliphatic rings. The zero-order chi connectivity index (χ0) is 20.5. The van der Waals surface area contributed by atoms with Crippen LogP contribution in [0.4, 0.5) is 24.5 Å². The molecule has 1 aromatic heterocycles. The lowest BCUT2D eigenvalue weighted by Crippen LogP contribution is -2.16. The van der Waals surface area contributed by atoms with Gasteiger partial charge in [0.1, 0.15) is 0 Å². The van der Waals surface area contributed by atoms with E-state index < -0.39 is 22.7 Å². The van der Waals surface area contributed by atoms with Crippen LogP contribution in [0.1, 0.15) is 28.9 Å². The molecule has 28 heavy (non-hydrogen) atoms. The number of nitrogens with zero attached hydrogens (tertiary/aromatic N) is 3. The number of nitro groups is 1.